The molecule has 0 unspecified atom stereocenters. The summed E-state index contributed by atoms with van der Waals surface area (Å²) in [4.78, 5) is 3.29. The largest absolute Gasteiger partial charge is 0.497 e. The molecule has 3 aromatic rings. The molecule has 0 spiro atoms. The van der Waals surface area contributed by atoms with Crippen LogP contribution in [0.4, 0.5) is 0 Å². The highest BCUT2D eigenvalue weighted by Crippen LogP contribution is 2.23. The topological polar surface area (TPSA) is 50.2 Å². The summed E-state index contributed by atoms with van der Waals surface area (Å²) in [6.07, 6.45) is 4.75. The van der Waals surface area contributed by atoms with Gasteiger partial charge in [-0.25, -0.2) is 0 Å². The molecule has 0 aliphatic heterocycles. The molecule has 0 bridgehead atoms. The number of ether oxygens (including phenoxy) is 1. The highest BCUT2D eigenvalue weighted by Gasteiger charge is 2.04. The molecule has 1 aromatic carbocycles. The lowest BCUT2D eigenvalue weighted by Gasteiger charge is -2.03. The van der Waals surface area contributed by atoms with Gasteiger partial charge in [0.15, 0.2) is 0 Å². The van der Waals surface area contributed by atoms with Crippen LogP contribution in [0.3, 0.4) is 0 Å². The zero-order valence-electron chi connectivity index (χ0n) is 11.5. The van der Waals surface area contributed by atoms with Crippen LogP contribution < -0.4 is 10.1 Å². The normalized spacial score (nSPS) is 11.1. The summed E-state index contributed by atoms with van der Waals surface area (Å²) >= 11 is 0. The second-order valence-electron chi connectivity index (χ2n) is 4.73. The van der Waals surface area contributed by atoms with Gasteiger partial charge in [0.2, 0.25) is 0 Å². The van der Waals surface area contributed by atoms with Crippen LogP contribution in [0.25, 0.3) is 10.9 Å². The number of fused-ring (bicyclic) bond motifs is 1. The summed E-state index contributed by atoms with van der Waals surface area (Å²) in [5.74, 6) is 1.84. The highest BCUT2D eigenvalue weighted by molar-refractivity contribution is 5.84. The van der Waals surface area contributed by atoms with Gasteiger partial charge in [-0.1, -0.05) is 0 Å². The summed E-state index contributed by atoms with van der Waals surface area (Å²) in [6, 6.07) is 10.0. The van der Waals surface area contributed by atoms with Crippen molar-refractivity contribution in [2.45, 2.75) is 13.0 Å². The first-order valence-corrected chi connectivity index (χ1v) is 6.74. The number of hydrogen-bond donors (Lipinski definition) is 2. The van der Waals surface area contributed by atoms with Gasteiger partial charge in [-0.05, 0) is 42.8 Å². The second-order valence-corrected chi connectivity index (χ2v) is 4.73. The maximum atomic E-state index is 5.28. The van der Waals surface area contributed by atoms with Crippen LogP contribution in [-0.2, 0) is 13.0 Å². The van der Waals surface area contributed by atoms with Gasteiger partial charge >= 0.3 is 0 Å². The van der Waals surface area contributed by atoms with Gasteiger partial charge in [0.05, 0.1) is 19.9 Å². The van der Waals surface area contributed by atoms with E-state index < -0.39 is 0 Å². The van der Waals surface area contributed by atoms with Crippen molar-refractivity contribution in [1.82, 2.24) is 10.3 Å². The van der Waals surface area contributed by atoms with Crippen LogP contribution >= 0.6 is 0 Å². The lowest BCUT2D eigenvalue weighted by atomic mass is 10.1. The molecule has 0 aliphatic rings. The van der Waals surface area contributed by atoms with Crippen molar-refractivity contribution in [2.75, 3.05) is 13.7 Å². The SMILES string of the molecule is COc1ccc2c(CCNCc3ccco3)c[nH]c2c1. The van der Waals surface area contributed by atoms with Gasteiger partial charge in [-0.2, -0.15) is 0 Å². The van der Waals surface area contributed by atoms with Crippen molar-refractivity contribution in [1.29, 1.82) is 0 Å². The van der Waals surface area contributed by atoms with Gasteiger partial charge in [0.25, 0.3) is 0 Å². The molecular weight excluding hydrogens is 252 g/mol. The maximum absolute atomic E-state index is 5.28. The zero-order valence-corrected chi connectivity index (χ0v) is 11.5. The third-order valence-corrected chi connectivity index (χ3v) is 3.43. The van der Waals surface area contributed by atoms with Crippen molar-refractivity contribution in [3.8, 4) is 5.75 Å². The number of hydrogen-bond acceptors (Lipinski definition) is 3. The van der Waals surface area contributed by atoms with Crippen molar-refractivity contribution in [2.24, 2.45) is 0 Å². The predicted octanol–water partition coefficient (Wildman–Crippen LogP) is 3.10. The lowest BCUT2D eigenvalue weighted by Crippen LogP contribution is -2.16. The number of methoxy groups -OCH3 is 1. The molecule has 0 aliphatic carbocycles. The minimum Gasteiger partial charge on any atom is -0.497 e. The van der Waals surface area contributed by atoms with E-state index in [0.29, 0.717) is 0 Å². The van der Waals surface area contributed by atoms with Crippen molar-refractivity contribution < 1.29 is 9.15 Å². The molecule has 4 heteroatoms. The molecule has 4 nitrogen and oxygen atoms in total. The number of furan rings is 1. The van der Waals surface area contributed by atoms with E-state index in [2.05, 4.69) is 22.6 Å². The van der Waals surface area contributed by atoms with Gasteiger partial charge in [-0.3, -0.25) is 0 Å². The van der Waals surface area contributed by atoms with Crippen LogP contribution in [0.5, 0.6) is 5.75 Å². The van der Waals surface area contributed by atoms with Crippen LogP contribution in [0.15, 0.2) is 47.2 Å². The Bertz CT molecular complexity index is 671. The molecule has 104 valence electrons. The fraction of sp³-hybridized carbons (Fsp3) is 0.250. The molecule has 20 heavy (non-hydrogen) atoms. The molecule has 0 saturated carbocycles. The van der Waals surface area contributed by atoms with Crippen LogP contribution in [-0.4, -0.2) is 18.6 Å². The maximum Gasteiger partial charge on any atom is 0.120 e. The second kappa shape index (κ2) is 5.84. The van der Waals surface area contributed by atoms with E-state index in [1.807, 2.05) is 24.3 Å². The molecular formula is C16H18N2O2. The van der Waals surface area contributed by atoms with Crippen molar-refractivity contribution in [3.63, 3.8) is 0 Å². The molecule has 2 heterocycles. The van der Waals surface area contributed by atoms with Crippen molar-refractivity contribution >= 4 is 10.9 Å². The van der Waals surface area contributed by atoms with Crippen molar-refractivity contribution in [3.05, 3.63) is 54.1 Å². The third-order valence-electron chi connectivity index (χ3n) is 3.43. The molecule has 0 saturated heterocycles. The van der Waals surface area contributed by atoms with Gasteiger partial charge in [0.1, 0.15) is 11.5 Å². The number of rotatable bonds is 6. The summed E-state index contributed by atoms with van der Waals surface area (Å²) < 4.78 is 10.5. The van der Waals surface area contributed by atoms with E-state index in [9.17, 15) is 0 Å². The number of benzene rings is 1. The fourth-order valence-corrected chi connectivity index (χ4v) is 2.35. The Labute approximate surface area is 117 Å². The van der Waals surface area contributed by atoms with E-state index >= 15 is 0 Å². The first-order chi connectivity index (χ1) is 9.86. The van der Waals surface area contributed by atoms with E-state index in [1.165, 1.54) is 10.9 Å². The number of aromatic nitrogens is 1. The average Bonchev–Trinajstić information content (AvgIpc) is 3.12. The number of aromatic amines is 1. The Balaban J connectivity index is 1.60. The molecule has 2 aromatic heterocycles. The van der Waals surface area contributed by atoms with E-state index in [1.54, 1.807) is 13.4 Å². The summed E-state index contributed by atoms with van der Waals surface area (Å²) in [5.41, 5.74) is 2.43. The lowest BCUT2D eigenvalue weighted by molar-refractivity contribution is 0.415. The van der Waals surface area contributed by atoms with Gasteiger partial charge in [-0.15, -0.1) is 0 Å². The monoisotopic (exact) mass is 270 g/mol. The van der Waals surface area contributed by atoms with E-state index in [-0.39, 0.29) is 0 Å². The number of nitrogens with one attached hydrogen (secondary N) is 2. The highest BCUT2D eigenvalue weighted by atomic mass is 16.5. The molecule has 0 radical (unpaired) electrons. The Morgan fingerprint density at radius 1 is 1.30 bits per heavy atom. The fourth-order valence-electron chi connectivity index (χ4n) is 2.35. The summed E-state index contributed by atoms with van der Waals surface area (Å²) in [7, 11) is 1.68. The van der Waals surface area contributed by atoms with Gasteiger partial charge in [0, 0.05) is 23.2 Å². The standard InChI is InChI=1S/C16H18N2O2/c1-19-13-4-5-15-12(10-18-16(15)9-13)6-7-17-11-14-3-2-8-20-14/h2-5,8-10,17-18H,6-7,11H2,1H3. The molecule has 3 rings (SSSR count). The minimum atomic E-state index is 0.767. The first-order valence-electron chi connectivity index (χ1n) is 6.74. The zero-order chi connectivity index (χ0) is 13.8. The Morgan fingerprint density at radius 2 is 2.25 bits per heavy atom. The summed E-state index contributed by atoms with van der Waals surface area (Å²) in [6.45, 7) is 1.68. The number of H-pyrrole nitrogens is 1. The minimum absolute atomic E-state index is 0.767. The average molecular weight is 270 g/mol. The van der Waals surface area contributed by atoms with Crippen LogP contribution in [0, 0.1) is 0 Å². The molecule has 0 fully saturated rings. The Kier molecular flexibility index (Phi) is 3.74. The first kappa shape index (κ1) is 12.8. The van der Waals surface area contributed by atoms with E-state index in [4.69, 9.17) is 9.15 Å². The molecule has 0 atom stereocenters. The molecule has 2 N–H and O–H groups in total. The van der Waals surface area contributed by atoms with Crippen LogP contribution in [0.2, 0.25) is 0 Å². The van der Waals surface area contributed by atoms with Gasteiger partial charge < -0.3 is 19.5 Å². The summed E-state index contributed by atoms with van der Waals surface area (Å²) in [5, 5.41) is 4.64. The molecule has 0 amide bonds. The quantitative estimate of drug-likeness (QED) is 0.677. The predicted molar refractivity (Wildman–Crippen MR) is 79.0 cm³/mol. The Hall–Kier alpha value is -2.20. The third kappa shape index (κ3) is 2.70. The van der Waals surface area contributed by atoms with Crippen LogP contribution in [0.1, 0.15) is 11.3 Å². The Morgan fingerprint density at radius 3 is 3.05 bits per heavy atom. The smallest absolute Gasteiger partial charge is 0.120 e. The van der Waals surface area contributed by atoms with E-state index in [0.717, 1.165) is 36.5 Å².